The van der Waals surface area contributed by atoms with E-state index in [0.717, 1.165) is 17.8 Å². The third-order valence-corrected chi connectivity index (χ3v) is 4.92. The van der Waals surface area contributed by atoms with E-state index in [9.17, 15) is 0 Å². The first-order valence-electron chi connectivity index (χ1n) is 10.2. The Labute approximate surface area is 179 Å². The summed E-state index contributed by atoms with van der Waals surface area (Å²) in [5.41, 5.74) is 6.16. The van der Waals surface area contributed by atoms with Gasteiger partial charge in [0.2, 0.25) is 5.88 Å². The average Bonchev–Trinajstić information content (AvgIpc) is 2.70. The Morgan fingerprint density at radius 1 is 0.967 bits per heavy atom. The van der Waals surface area contributed by atoms with Gasteiger partial charge in [0, 0.05) is 32.8 Å². The molecule has 0 fully saturated rings. The zero-order chi connectivity index (χ0) is 21.5. The van der Waals surface area contributed by atoms with Crippen molar-refractivity contribution in [2.45, 2.75) is 33.7 Å². The summed E-state index contributed by atoms with van der Waals surface area (Å²) in [4.78, 5) is 15.6. The summed E-state index contributed by atoms with van der Waals surface area (Å²) >= 11 is 0. The number of benzene rings is 2. The predicted molar refractivity (Wildman–Crippen MR) is 124 cm³/mol. The monoisotopic (exact) mass is 402 g/mol. The van der Waals surface area contributed by atoms with E-state index in [1.54, 1.807) is 0 Å². The summed E-state index contributed by atoms with van der Waals surface area (Å²) in [6.45, 7) is 7.31. The van der Waals surface area contributed by atoms with Gasteiger partial charge in [-0.1, -0.05) is 48.0 Å². The van der Waals surface area contributed by atoms with Gasteiger partial charge in [0.1, 0.15) is 5.82 Å². The lowest BCUT2D eigenvalue weighted by Gasteiger charge is -2.14. The van der Waals surface area contributed by atoms with Crippen molar-refractivity contribution < 1.29 is 4.74 Å². The van der Waals surface area contributed by atoms with E-state index in [-0.39, 0.29) is 0 Å². The number of hydrogen-bond acceptors (Lipinski definition) is 5. The first-order valence-corrected chi connectivity index (χ1v) is 10.2. The third-order valence-electron chi connectivity index (χ3n) is 4.92. The molecule has 3 rings (SSSR count). The second-order valence-corrected chi connectivity index (χ2v) is 7.78. The fourth-order valence-electron chi connectivity index (χ4n) is 3.05. The molecule has 0 amide bonds. The minimum atomic E-state index is 0.406. The molecule has 3 aromatic rings. The van der Waals surface area contributed by atoms with Gasteiger partial charge in [-0.05, 0) is 43.0 Å². The molecule has 0 bridgehead atoms. The summed E-state index contributed by atoms with van der Waals surface area (Å²) in [7, 11) is 3.92. The SMILES string of the molecule is Cc1cccc(C=NCc2nc(OCCc3ccc(C)c(C)c3)cc(N(C)C)n2)c1. The van der Waals surface area contributed by atoms with Crippen LogP contribution in [0.5, 0.6) is 5.88 Å². The molecule has 2 aromatic carbocycles. The molecule has 0 N–H and O–H groups in total. The van der Waals surface area contributed by atoms with Crippen LogP contribution in [0.4, 0.5) is 5.82 Å². The fourth-order valence-corrected chi connectivity index (χ4v) is 3.05. The molecular formula is C25H30N4O. The molecule has 30 heavy (non-hydrogen) atoms. The van der Waals surface area contributed by atoms with Crippen LogP contribution in [0, 0.1) is 20.8 Å². The Balaban J connectivity index is 1.66. The summed E-state index contributed by atoms with van der Waals surface area (Å²) in [6.07, 6.45) is 2.70. The standard InChI is InChI=1S/C25H30N4O/c1-18-7-6-8-22(13-18)16-26-17-23-27-24(29(4)5)15-25(28-23)30-12-11-21-10-9-19(2)20(3)14-21/h6-10,13-16H,11-12,17H2,1-5H3. The van der Waals surface area contributed by atoms with Crippen LogP contribution >= 0.6 is 0 Å². The van der Waals surface area contributed by atoms with Crippen LogP contribution in [0.25, 0.3) is 0 Å². The molecule has 0 atom stereocenters. The third kappa shape index (κ3) is 6.14. The lowest BCUT2D eigenvalue weighted by atomic mass is 10.0. The summed E-state index contributed by atoms with van der Waals surface area (Å²) in [6, 6.07) is 16.6. The molecule has 0 aliphatic carbocycles. The van der Waals surface area contributed by atoms with Gasteiger partial charge in [0.15, 0.2) is 5.82 Å². The fraction of sp³-hybridized carbons (Fsp3) is 0.320. The molecule has 0 radical (unpaired) electrons. The van der Waals surface area contributed by atoms with Crippen molar-refractivity contribution in [1.82, 2.24) is 9.97 Å². The molecule has 156 valence electrons. The van der Waals surface area contributed by atoms with Gasteiger partial charge in [0.05, 0.1) is 13.2 Å². The van der Waals surface area contributed by atoms with Crippen LogP contribution in [-0.2, 0) is 13.0 Å². The molecular weight excluding hydrogens is 372 g/mol. The number of anilines is 1. The van der Waals surface area contributed by atoms with Gasteiger partial charge in [0.25, 0.3) is 0 Å². The Hall–Kier alpha value is -3.21. The number of nitrogens with zero attached hydrogens (tertiary/aromatic N) is 4. The Bertz CT molecular complexity index is 1030. The molecule has 0 aliphatic rings. The quantitative estimate of drug-likeness (QED) is 0.512. The van der Waals surface area contributed by atoms with Crippen molar-refractivity contribution >= 4 is 12.0 Å². The van der Waals surface area contributed by atoms with Crippen LogP contribution in [-0.4, -0.2) is 36.9 Å². The number of aryl methyl sites for hydroxylation is 3. The molecule has 5 heteroatoms. The molecule has 1 heterocycles. The number of aromatic nitrogens is 2. The van der Waals surface area contributed by atoms with Crippen molar-refractivity contribution in [2.24, 2.45) is 4.99 Å². The van der Waals surface area contributed by atoms with Crippen molar-refractivity contribution in [1.29, 1.82) is 0 Å². The smallest absolute Gasteiger partial charge is 0.218 e. The van der Waals surface area contributed by atoms with Crippen LogP contribution in [0.15, 0.2) is 53.5 Å². The van der Waals surface area contributed by atoms with Gasteiger partial charge >= 0.3 is 0 Å². The summed E-state index contributed by atoms with van der Waals surface area (Å²) < 4.78 is 5.96. The van der Waals surface area contributed by atoms with Gasteiger partial charge < -0.3 is 9.64 Å². The van der Waals surface area contributed by atoms with Crippen molar-refractivity contribution in [2.75, 3.05) is 25.6 Å². The predicted octanol–water partition coefficient (Wildman–Crippen LogP) is 4.71. The van der Waals surface area contributed by atoms with Crippen LogP contribution in [0.3, 0.4) is 0 Å². The van der Waals surface area contributed by atoms with E-state index in [1.807, 2.05) is 43.4 Å². The van der Waals surface area contributed by atoms with E-state index in [1.165, 1.54) is 22.3 Å². The maximum absolute atomic E-state index is 5.96. The van der Waals surface area contributed by atoms with Gasteiger partial charge in [-0.3, -0.25) is 4.99 Å². The average molecular weight is 403 g/mol. The van der Waals surface area contributed by atoms with Gasteiger partial charge in [-0.2, -0.15) is 4.98 Å². The lowest BCUT2D eigenvalue weighted by Crippen LogP contribution is -2.13. The molecule has 1 aromatic heterocycles. The highest BCUT2D eigenvalue weighted by Crippen LogP contribution is 2.17. The molecule has 0 unspecified atom stereocenters. The Kier molecular flexibility index (Phi) is 7.17. The topological polar surface area (TPSA) is 50.6 Å². The first-order chi connectivity index (χ1) is 14.4. The van der Waals surface area contributed by atoms with Gasteiger partial charge in [-0.25, -0.2) is 4.98 Å². The largest absolute Gasteiger partial charge is 0.477 e. The molecule has 5 nitrogen and oxygen atoms in total. The highest BCUT2D eigenvalue weighted by molar-refractivity contribution is 5.79. The van der Waals surface area contributed by atoms with E-state index in [0.29, 0.717) is 24.9 Å². The summed E-state index contributed by atoms with van der Waals surface area (Å²) in [5, 5.41) is 0. The van der Waals surface area contributed by atoms with Gasteiger partial charge in [-0.15, -0.1) is 0 Å². The zero-order valence-corrected chi connectivity index (χ0v) is 18.5. The lowest BCUT2D eigenvalue weighted by molar-refractivity contribution is 0.308. The molecule has 0 spiro atoms. The number of aliphatic imine (C=N–C) groups is 1. The Morgan fingerprint density at radius 2 is 1.80 bits per heavy atom. The highest BCUT2D eigenvalue weighted by Gasteiger charge is 2.07. The Morgan fingerprint density at radius 3 is 2.53 bits per heavy atom. The van der Waals surface area contributed by atoms with E-state index >= 15 is 0 Å². The van der Waals surface area contributed by atoms with Crippen LogP contribution in [0.2, 0.25) is 0 Å². The molecule has 0 saturated carbocycles. The van der Waals surface area contributed by atoms with Crippen LogP contribution in [0.1, 0.15) is 33.6 Å². The highest BCUT2D eigenvalue weighted by atomic mass is 16.5. The number of hydrogen-bond donors (Lipinski definition) is 0. The van der Waals surface area contributed by atoms with E-state index < -0.39 is 0 Å². The van der Waals surface area contributed by atoms with E-state index in [2.05, 4.69) is 66.1 Å². The maximum Gasteiger partial charge on any atom is 0.218 e. The second-order valence-electron chi connectivity index (χ2n) is 7.78. The van der Waals surface area contributed by atoms with Crippen LogP contribution < -0.4 is 9.64 Å². The zero-order valence-electron chi connectivity index (χ0n) is 18.5. The number of rotatable bonds is 8. The summed E-state index contributed by atoms with van der Waals surface area (Å²) in [5.74, 6) is 2.04. The minimum absolute atomic E-state index is 0.406. The van der Waals surface area contributed by atoms with Crippen molar-refractivity contribution in [3.63, 3.8) is 0 Å². The maximum atomic E-state index is 5.96. The number of ether oxygens (including phenoxy) is 1. The normalized spacial score (nSPS) is 11.1. The first kappa shape index (κ1) is 21.5. The van der Waals surface area contributed by atoms with Crippen molar-refractivity contribution in [3.05, 3.63) is 82.2 Å². The van der Waals surface area contributed by atoms with Crippen molar-refractivity contribution in [3.8, 4) is 5.88 Å². The minimum Gasteiger partial charge on any atom is -0.477 e. The van der Waals surface area contributed by atoms with E-state index in [4.69, 9.17) is 4.74 Å². The molecule has 0 saturated heterocycles. The second kappa shape index (κ2) is 10.0. The molecule has 0 aliphatic heterocycles.